The second-order valence-electron chi connectivity index (χ2n) is 4.71. The van der Waals surface area contributed by atoms with Crippen LogP contribution in [0, 0.1) is 0 Å². The zero-order chi connectivity index (χ0) is 15.6. The molecule has 3 nitrogen and oxygen atoms in total. The monoisotopic (exact) mass is 318 g/mol. The molecular formula is C14H14ClF3N2O. The molecule has 2 heterocycles. The number of dihydropyridines is 1. The fraction of sp³-hybridized carbons (Fsp3) is 0.357. The molecule has 2 rings (SSSR count). The van der Waals surface area contributed by atoms with E-state index in [4.69, 9.17) is 11.6 Å². The van der Waals surface area contributed by atoms with Crippen LogP contribution >= 0.6 is 11.6 Å². The van der Waals surface area contributed by atoms with Gasteiger partial charge in [-0.1, -0.05) is 6.08 Å². The van der Waals surface area contributed by atoms with Gasteiger partial charge in [0, 0.05) is 24.3 Å². The van der Waals surface area contributed by atoms with Crippen molar-refractivity contribution in [1.29, 1.82) is 0 Å². The first-order valence-electron chi connectivity index (χ1n) is 6.30. The summed E-state index contributed by atoms with van der Waals surface area (Å²) in [5.74, 6) is 0.235. The molecule has 0 amide bonds. The van der Waals surface area contributed by atoms with Crippen molar-refractivity contribution in [3.8, 4) is 0 Å². The van der Waals surface area contributed by atoms with E-state index < -0.39 is 17.3 Å². The zero-order valence-electron chi connectivity index (χ0n) is 11.3. The number of rotatable bonds is 3. The minimum Gasteiger partial charge on any atom is -0.383 e. The molecule has 0 aliphatic carbocycles. The van der Waals surface area contributed by atoms with E-state index >= 15 is 0 Å². The number of hydrogen-bond donors (Lipinski definition) is 1. The largest absolute Gasteiger partial charge is 0.421 e. The third-order valence-electron chi connectivity index (χ3n) is 3.35. The van der Waals surface area contributed by atoms with E-state index in [0.29, 0.717) is 12.2 Å². The molecule has 1 aliphatic rings. The molecule has 0 bridgehead atoms. The third kappa shape index (κ3) is 3.32. The maximum Gasteiger partial charge on any atom is 0.421 e. The first-order chi connectivity index (χ1) is 9.84. The molecule has 0 atom stereocenters. The Kier molecular flexibility index (Phi) is 4.46. The summed E-state index contributed by atoms with van der Waals surface area (Å²) in [6.45, 7) is 2.48. The highest BCUT2D eigenvalue weighted by molar-refractivity contribution is 6.19. The predicted molar refractivity (Wildman–Crippen MR) is 75.2 cm³/mol. The number of pyridine rings is 1. The maximum atomic E-state index is 12.7. The van der Waals surface area contributed by atoms with Crippen LogP contribution in [0.1, 0.15) is 12.5 Å². The summed E-state index contributed by atoms with van der Waals surface area (Å²) in [6, 6.07) is 2.01. The summed E-state index contributed by atoms with van der Waals surface area (Å²) in [5, 5.41) is 3.06. The highest BCUT2D eigenvalue weighted by Gasteiger charge is 2.34. The van der Waals surface area contributed by atoms with E-state index in [0.717, 1.165) is 21.8 Å². The molecule has 1 aromatic heterocycles. The Morgan fingerprint density at radius 1 is 1.43 bits per heavy atom. The minimum absolute atomic E-state index is 0.0377. The summed E-state index contributed by atoms with van der Waals surface area (Å²) >= 11 is 5.87. The first-order valence-corrected chi connectivity index (χ1v) is 6.83. The summed E-state index contributed by atoms with van der Waals surface area (Å²) in [5.41, 5.74) is 0.235. The maximum absolute atomic E-state index is 12.7. The Morgan fingerprint density at radius 3 is 2.76 bits per heavy atom. The van der Waals surface area contributed by atoms with Gasteiger partial charge in [-0.05, 0) is 30.2 Å². The lowest BCUT2D eigenvalue weighted by Crippen LogP contribution is -2.32. The number of alkyl halides is 4. The zero-order valence-corrected chi connectivity index (χ0v) is 12.1. The van der Waals surface area contributed by atoms with Gasteiger partial charge in [-0.3, -0.25) is 4.79 Å². The molecule has 1 N–H and O–H groups in total. The Balaban J connectivity index is 2.41. The van der Waals surface area contributed by atoms with Crippen LogP contribution in [0.25, 0.3) is 0 Å². The van der Waals surface area contributed by atoms with Crippen LogP contribution in [0.5, 0.6) is 0 Å². The summed E-state index contributed by atoms with van der Waals surface area (Å²) in [7, 11) is 0. The number of hydrogen-bond acceptors (Lipinski definition) is 2. The van der Waals surface area contributed by atoms with Gasteiger partial charge in [0.05, 0.1) is 6.54 Å². The van der Waals surface area contributed by atoms with Crippen LogP contribution in [0.4, 0.5) is 13.2 Å². The highest BCUT2D eigenvalue weighted by atomic mass is 35.5. The SMILES string of the molecule is CC1=CCNC(Cn2cccc(C(F)(F)F)c2=O)=C1CCl. The van der Waals surface area contributed by atoms with Crippen LogP contribution in [0.15, 0.2) is 46.0 Å². The van der Waals surface area contributed by atoms with Crippen molar-refractivity contribution < 1.29 is 13.2 Å². The van der Waals surface area contributed by atoms with Crippen molar-refractivity contribution in [3.05, 3.63) is 57.2 Å². The smallest absolute Gasteiger partial charge is 0.383 e. The molecule has 1 aromatic rings. The average Bonchev–Trinajstić information content (AvgIpc) is 2.40. The molecule has 0 aromatic carbocycles. The third-order valence-corrected chi connectivity index (χ3v) is 3.62. The van der Waals surface area contributed by atoms with Gasteiger partial charge < -0.3 is 9.88 Å². The Hall–Kier alpha value is -1.69. The molecule has 0 spiro atoms. The fourth-order valence-electron chi connectivity index (χ4n) is 2.18. The lowest BCUT2D eigenvalue weighted by Gasteiger charge is -2.21. The molecule has 0 unspecified atom stereocenters. The van der Waals surface area contributed by atoms with Gasteiger partial charge in [-0.2, -0.15) is 13.2 Å². The van der Waals surface area contributed by atoms with Gasteiger partial charge in [0.15, 0.2) is 0 Å². The van der Waals surface area contributed by atoms with Gasteiger partial charge in [0.1, 0.15) is 5.56 Å². The quantitative estimate of drug-likeness (QED) is 0.870. The van der Waals surface area contributed by atoms with Gasteiger partial charge in [0.2, 0.25) is 0 Å². The molecule has 1 aliphatic heterocycles. The predicted octanol–water partition coefficient (Wildman–Crippen LogP) is 2.91. The molecule has 7 heteroatoms. The number of halogens is 4. The van der Waals surface area contributed by atoms with Crippen LogP contribution in [0.3, 0.4) is 0 Å². The van der Waals surface area contributed by atoms with Crippen LogP contribution in [-0.4, -0.2) is 17.0 Å². The Morgan fingerprint density at radius 2 is 2.14 bits per heavy atom. The molecule has 0 radical (unpaired) electrons. The number of nitrogens with zero attached hydrogens (tertiary/aromatic N) is 1. The van der Waals surface area contributed by atoms with Gasteiger partial charge in [-0.15, -0.1) is 11.6 Å². The average molecular weight is 319 g/mol. The van der Waals surface area contributed by atoms with E-state index in [1.165, 1.54) is 12.3 Å². The van der Waals surface area contributed by atoms with Crippen molar-refractivity contribution in [2.75, 3.05) is 12.4 Å². The van der Waals surface area contributed by atoms with E-state index in [9.17, 15) is 18.0 Å². The van der Waals surface area contributed by atoms with Crippen LogP contribution in [0.2, 0.25) is 0 Å². The molecular weight excluding hydrogens is 305 g/mol. The molecule has 0 fully saturated rings. The van der Waals surface area contributed by atoms with E-state index in [-0.39, 0.29) is 12.4 Å². The normalized spacial score (nSPS) is 15.8. The lowest BCUT2D eigenvalue weighted by molar-refractivity contribution is -0.138. The minimum atomic E-state index is -4.65. The fourth-order valence-corrected chi connectivity index (χ4v) is 2.55. The van der Waals surface area contributed by atoms with Gasteiger partial charge >= 0.3 is 6.18 Å². The summed E-state index contributed by atoms with van der Waals surface area (Å²) in [4.78, 5) is 11.9. The van der Waals surface area contributed by atoms with Crippen molar-refractivity contribution in [1.82, 2.24) is 9.88 Å². The van der Waals surface area contributed by atoms with E-state index in [1.54, 1.807) is 0 Å². The summed E-state index contributed by atoms with van der Waals surface area (Å²) in [6.07, 6.45) is -1.37. The van der Waals surface area contributed by atoms with Crippen molar-refractivity contribution in [2.24, 2.45) is 0 Å². The van der Waals surface area contributed by atoms with Crippen molar-refractivity contribution in [2.45, 2.75) is 19.6 Å². The highest BCUT2D eigenvalue weighted by Crippen LogP contribution is 2.26. The second kappa shape index (κ2) is 5.97. The van der Waals surface area contributed by atoms with Gasteiger partial charge in [0.25, 0.3) is 5.56 Å². The van der Waals surface area contributed by atoms with Crippen LogP contribution < -0.4 is 10.9 Å². The number of nitrogens with one attached hydrogen (secondary N) is 1. The molecule has 21 heavy (non-hydrogen) atoms. The number of allylic oxidation sites excluding steroid dienone is 3. The molecule has 114 valence electrons. The van der Waals surface area contributed by atoms with Crippen LogP contribution in [-0.2, 0) is 12.7 Å². The standard InChI is InChI=1S/C14H14ClF3N2O/c1-9-4-5-19-12(10(9)7-15)8-20-6-2-3-11(13(20)21)14(16,17)18/h2-4,6,19H,5,7-8H2,1H3. The first kappa shape index (κ1) is 15.7. The molecule has 0 saturated carbocycles. The van der Waals surface area contributed by atoms with Gasteiger partial charge in [-0.25, -0.2) is 0 Å². The van der Waals surface area contributed by atoms with Crippen molar-refractivity contribution >= 4 is 11.6 Å². The lowest BCUT2D eigenvalue weighted by atomic mass is 10.0. The number of aromatic nitrogens is 1. The Labute approximate surface area is 124 Å². The topological polar surface area (TPSA) is 34.0 Å². The summed E-state index contributed by atoms with van der Waals surface area (Å²) < 4.78 is 39.3. The molecule has 0 saturated heterocycles. The Bertz CT molecular complexity index is 659. The van der Waals surface area contributed by atoms with E-state index in [1.807, 2.05) is 13.0 Å². The van der Waals surface area contributed by atoms with Crippen molar-refractivity contribution in [3.63, 3.8) is 0 Å². The van der Waals surface area contributed by atoms with E-state index in [2.05, 4.69) is 5.32 Å². The second-order valence-corrected chi connectivity index (χ2v) is 4.98.